The van der Waals surface area contributed by atoms with Gasteiger partial charge in [0, 0.05) is 35.0 Å². The molecule has 3 rings (SSSR count). The number of aromatic nitrogens is 2. The minimum Gasteiger partial charge on any atom is -0.481 e. The molecule has 0 saturated heterocycles. The number of benzene rings is 1. The van der Waals surface area contributed by atoms with Crippen LogP contribution in [0.25, 0.3) is 0 Å². The zero-order chi connectivity index (χ0) is 19.2. The van der Waals surface area contributed by atoms with Crippen LogP contribution in [0, 0.1) is 13.8 Å². The minimum absolute atomic E-state index is 0.118. The van der Waals surface area contributed by atoms with E-state index in [1.54, 1.807) is 31.1 Å². The van der Waals surface area contributed by atoms with Crippen LogP contribution in [0.1, 0.15) is 32.9 Å². The molecule has 2 aromatic heterocycles. The molecule has 3 aromatic rings. The number of methoxy groups -OCH3 is 1. The molecule has 7 heteroatoms. The maximum Gasteiger partial charge on any atom is 0.252 e. The molecular formula is C20H21N3O3S. The number of ether oxygens (including phenoxy) is 1. The van der Waals surface area contributed by atoms with Gasteiger partial charge in [0.1, 0.15) is 5.76 Å². The first kappa shape index (κ1) is 19.0. The lowest BCUT2D eigenvalue weighted by molar-refractivity contribution is 0.0948. The standard InChI is InChI=1S/C20H21N3O3S/c1-13-17(14(2)26-23-13)12-27-18-7-5-4-6-16(18)20(24)22-11-15-8-9-19(25-3)21-10-15/h4-10H,11-12H2,1-3H3,(H,22,24). The Bertz CT molecular complexity index is 903. The van der Waals surface area contributed by atoms with Crippen molar-refractivity contribution in [1.82, 2.24) is 15.5 Å². The first-order valence-corrected chi connectivity index (χ1v) is 9.47. The van der Waals surface area contributed by atoms with Gasteiger partial charge in [0.15, 0.2) is 0 Å². The number of nitrogens with zero attached hydrogens (tertiary/aromatic N) is 2. The van der Waals surface area contributed by atoms with E-state index in [4.69, 9.17) is 9.26 Å². The number of hydrogen-bond acceptors (Lipinski definition) is 6. The third-order valence-electron chi connectivity index (χ3n) is 4.14. The Labute approximate surface area is 162 Å². The Morgan fingerprint density at radius 2 is 2.04 bits per heavy atom. The van der Waals surface area contributed by atoms with Crippen molar-refractivity contribution in [3.8, 4) is 5.88 Å². The van der Waals surface area contributed by atoms with Crippen LogP contribution in [0.15, 0.2) is 52.0 Å². The summed E-state index contributed by atoms with van der Waals surface area (Å²) in [6.45, 7) is 4.23. The first-order chi connectivity index (χ1) is 13.1. The van der Waals surface area contributed by atoms with Crippen LogP contribution in [0.5, 0.6) is 5.88 Å². The largest absolute Gasteiger partial charge is 0.481 e. The van der Waals surface area contributed by atoms with E-state index >= 15 is 0 Å². The molecule has 1 aromatic carbocycles. The van der Waals surface area contributed by atoms with E-state index < -0.39 is 0 Å². The summed E-state index contributed by atoms with van der Waals surface area (Å²) in [5.74, 6) is 1.95. The van der Waals surface area contributed by atoms with Crippen LogP contribution < -0.4 is 10.1 Å². The summed E-state index contributed by atoms with van der Waals surface area (Å²) in [5.41, 5.74) is 3.51. The van der Waals surface area contributed by atoms with Gasteiger partial charge in [-0.3, -0.25) is 4.79 Å². The van der Waals surface area contributed by atoms with Crippen LogP contribution in [0.2, 0.25) is 0 Å². The molecule has 140 valence electrons. The van der Waals surface area contributed by atoms with Gasteiger partial charge >= 0.3 is 0 Å². The second-order valence-corrected chi connectivity index (χ2v) is 7.00. The van der Waals surface area contributed by atoms with Gasteiger partial charge in [-0.15, -0.1) is 11.8 Å². The molecule has 0 radical (unpaired) electrons. The van der Waals surface area contributed by atoms with Crippen LogP contribution >= 0.6 is 11.8 Å². The monoisotopic (exact) mass is 383 g/mol. The van der Waals surface area contributed by atoms with Crippen LogP contribution in [0.4, 0.5) is 0 Å². The zero-order valence-corrected chi connectivity index (χ0v) is 16.3. The molecule has 0 unspecified atom stereocenters. The number of carbonyl (C=O) groups is 1. The number of rotatable bonds is 7. The van der Waals surface area contributed by atoms with E-state index in [-0.39, 0.29) is 5.91 Å². The lowest BCUT2D eigenvalue weighted by Crippen LogP contribution is -2.23. The van der Waals surface area contributed by atoms with Gasteiger partial charge in [-0.2, -0.15) is 0 Å². The highest BCUT2D eigenvalue weighted by Crippen LogP contribution is 2.28. The third kappa shape index (κ3) is 4.68. The highest BCUT2D eigenvalue weighted by atomic mass is 32.2. The van der Waals surface area contributed by atoms with Gasteiger partial charge in [-0.05, 0) is 31.5 Å². The molecule has 0 aliphatic rings. The Morgan fingerprint density at radius 1 is 1.22 bits per heavy atom. The molecule has 2 heterocycles. The first-order valence-electron chi connectivity index (χ1n) is 8.49. The van der Waals surface area contributed by atoms with Crippen molar-refractivity contribution in [3.05, 3.63) is 70.7 Å². The molecule has 0 aliphatic carbocycles. The van der Waals surface area contributed by atoms with Crippen molar-refractivity contribution < 1.29 is 14.1 Å². The predicted octanol–water partition coefficient (Wildman–Crippen LogP) is 3.92. The molecule has 0 fully saturated rings. The third-order valence-corrected chi connectivity index (χ3v) is 5.24. The maximum absolute atomic E-state index is 12.7. The summed E-state index contributed by atoms with van der Waals surface area (Å²) < 4.78 is 10.2. The van der Waals surface area contributed by atoms with Gasteiger partial charge < -0.3 is 14.6 Å². The summed E-state index contributed by atoms with van der Waals surface area (Å²) in [6.07, 6.45) is 1.69. The quantitative estimate of drug-likeness (QED) is 0.623. The number of carbonyl (C=O) groups excluding carboxylic acids is 1. The van der Waals surface area contributed by atoms with Gasteiger partial charge in [0.2, 0.25) is 5.88 Å². The van der Waals surface area contributed by atoms with Crippen molar-refractivity contribution in [2.24, 2.45) is 0 Å². The number of pyridine rings is 1. The van der Waals surface area contributed by atoms with Crippen LogP contribution in [-0.4, -0.2) is 23.2 Å². The fraction of sp³-hybridized carbons (Fsp3) is 0.250. The van der Waals surface area contributed by atoms with Gasteiger partial charge in [-0.1, -0.05) is 23.4 Å². The highest BCUT2D eigenvalue weighted by molar-refractivity contribution is 7.98. The van der Waals surface area contributed by atoms with E-state index in [2.05, 4.69) is 15.5 Å². The summed E-state index contributed by atoms with van der Waals surface area (Å²) in [5, 5.41) is 6.92. The second kappa shape index (κ2) is 8.73. The molecule has 0 saturated carbocycles. The predicted molar refractivity (Wildman–Crippen MR) is 104 cm³/mol. The van der Waals surface area contributed by atoms with Gasteiger partial charge in [0.25, 0.3) is 5.91 Å². The van der Waals surface area contributed by atoms with Crippen LogP contribution in [0.3, 0.4) is 0 Å². The molecule has 0 atom stereocenters. The van der Waals surface area contributed by atoms with Crippen molar-refractivity contribution >= 4 is 17.7 Å². The summed E-state index contributed by atoms with van der Waals surface area (Å²) >= 11 is 1.60. The van der Waals surface area contributed by atoms with Crippen molar-refractivity contribution in [2.75, 3.05) is 7.11 Å². The minimum atomic E-state index is -0.118. The Kier molecular flexibility index (Phi) is 6.13. The lowest BCUT2D eigenvalue weighted by atomic mass is 10.2. The molecule has 0 spiro atoms. The second-order valence-electron chi connectivity index (χ2n) is 5.98. The van der Waals surface area contributed by atoms with Crippen molar-refractivity contribution in [1.29, 1.82) is 0 Å². The highest BCUT2D eigenvalue weighted by Gasteiger charge is 2.14. The van der Waals surface area contributed by atoms with E-state index in [9.17, 15) is 4.79 Å². The Hall–Kier alpha value is -2.80. The summed E-state index contributed by atoms with van der Waals surface area (Å²) in [7, 11) is 1.57. The van der Waals surface area contributed by atoms with Crippen molar-refractivity contribution in [2.45, 2.75) is 31.0 Å². The smallest absolute Gasteiger partial charge is 0.252 e. The SMILES string of the molecule is COc1ccc(CNC(=O)c2ccccc2SCc2c(C)noc2C)cn1. The molecule has 1 N–H and O–H groups in total. The molecule has 0 bridgehead atoms. The maximum atomic E-state index is 12.7. The van der Waals surface area contributed by atoms with E-state index in [1.165, 1.54) is 0 Å². The molecular weight excluding hydrogens is 362 g/mol. The Morgan fingerprint density at radius 3 is 2.70 bits per heavy atom. The van der Waals surface area contributed by atoms with E-state index in [0.29, 0.717) is 23.7 Å². The number of hydrogen-bond donors (Lipinski definition) is 1. The topological polar surface area (TPSA) is 77.2 Å². The number of aryl methyl sites for hydroxylation is 2. The van der Waals surface area contributed by atoms with Crippen LogP contribution in [-0.2, 0) is 12.3 Å². The molecule has 0 aliphatic heterocycles. The molecule has 6 nitrogen and oxygen atoms in total. The fourth-order valence-corrected chi connectivity index (χ4v) is 3.75. The van der Waals surface area contributed by atoms with Gasteiger partial charge in [-0.25, -0.2) is 4.98 Å². The number of amides is 1. The van der Waals surface area contributed by atoms with E-state index in [0.717, 1.165) is 27.5 Å². The lowest BCUT2D eigenvalue weighted by Gasteiger charge is -2.10. The summed E-state index contributed by atoms with van der Waals surface area (Å²) in [6, 6.07) is 11.2. The number of nitrogens with one attached hydrogen (secondary N) is 1. The molecule has 1 amide bonds. The van der Waals surface area contributed by atoms with E-state index in [1.807, 2.05) is 44.2 Å². The zero-order valence-electron chi connectivity index (χ0n) is 15.5. The van der Waals surface area contributed by atoms with Crippen molar-refractivity contribution in [3.63, 3.8) is 0 Å². The summed E-state index contributed by atoms with van der Waals surface area (Å²) in [4.78, 5) is 17.7. The average molecular weight is 383 g/mol. The fourth-order valence-electron chi connectivity index (χ4n) is 2.55. The average Bonchev–Trinajstić information content (AvgIpc) is 3.02. The normalized spacial score (nSPS) is 10.6. The Balaban J connectivity index is 1.66. The molecule has 27 heavy (non-hydrogen) atoms. The number of thioether (sulfide) groups is 1. The van der Waals surface area contributed by atoms with Gasteiger partial charge in [0.05, 0.1) is 18.4 Å².